The van der Waals surface area contributed by atoms with E-state index in [1.165, 1.54) is 4.90 Å². The Morgan fingerprint density at radius 1 is 1.10 bits per heavy atom. The number of carbonyl (C=O) groups is 1. The smallest absolute Gasteiger partial charge is 0.410 e. The standard InChI is InChI=1S/C30H35F6N3O3/c1-18-16-20-19-8-5-6-9-22(19)37-26(20)27(39(18)17-30(34,35)36)24-21(32)10-11-23(25(24)33)41-15-14-38(13-7-12-31)28(40)42-29(2,3)4/h5-6,8-11,18,27,37H,7,12-17H2,1-4H3/t18-,27-/m1/s1. The summed E-state index contributed by atoms with van der Waals surface area (Å²) < 4.78 is 96.4. The summed E-state index contributed by atoms with van der Waals surface area (Å²) in [4.78, 5) is 17.9. The van der Waals surface area contributed by atoms with E-state index >= 15 is 8.78 Å². The number of alkyl halides is 4. The van der Waals surface area contributed by atoms with Crippen molar-refractivity contribution in [1.82, 2.24) is 14.8 Å². The number of amides is 1. The molecular formula is C30H35F6N3O3. The predicted molar refractivity (Wildman–Crippen MR) is 146 cm³/mol. The molecule has 0 spiro atoms. The molecule has 2 atom stereocenters. The van der Waals surface area contributed by atoms with Crippen LogP contribution in [0, 0.1) is 11.6 Å². The van der Waals surface area contributed by atoms with Crippen LogP contribution in [0.5, 0.6) is 5.75 Å². The van der Waals surface area contributed by atoms with Gasteiger partial charge in [0.05, 0.1) is 31.4 Å². The number of hydrogen-bond donors (Lipinski definition) is 1. The Morgan fingerprint density at radius 3 is 2.48 bits per heavy atom. The van der Waals surface area contributed by atoms with E-state index in [-0.39, 0.29) is 44.0 Å². The van der Waals surface area contributed by atoms with Gasteiger partial charge in [0.25, 0.3) is 0 Å². The fourth-order valence-electron chi connectivity index (χ4n) is 5.32. The van der Waals surface area contributed by atoms with Gasteiger partial charge in [-0.1, -0.05) is 18.2 Å². The summed E-state index contributed by atoms with van der Waals surface area (Å²) in [6.07, 6.45) is -5.02. The van der Waals surface area contributed by atoms with Crippen LogP contribution in [0.25, 0.3) is 10.9 Å². The van der Waals surface area contributed by atoms with Gasteiger partial charge in [-0.05, 0) is 64.3 Å². The van der Waals surface area contributed by atoms with E-state index in [0.717, 1.165) is 22.4 Å². The van der Waals surface area contributed by atoms with Crippen LogP contribution in [0.4, 0.5) is 31.1 Å². The molecule has 3 aromatic rings. The second-order valence-corrected chi connectivity index (χ2v) is 11.4. The van der Waals surface area contributed by atoms with Gasteiger partial charge in [-0.25, -0.2) is 13.6 Å². The molecule has 0 unspecified atom stereocenters. The van der Waals surface area contributed by atoms with E-state index in [1.54, 1.807) is 45.9 Å². The summed E-state index contributed by atoms with van der Waals surface area (Å²) in [5.41, 5.74) is 0.267. The summed E-state index contributed by atoms with van der Waals surface area (Å²) in [5.74, 6) is -2.55. The van der Waals surface area contributed by atoms with E-state index in [4.69, 9.17) is 9.47 Å². The number of ether oxygens (including phenoxy) is 2. The highest BCUT2D eigenvalue weighted by Crippen LogP contribution is 2.44. The minimum absolute atomic E-state index is 0.0292. The summed E-state index contributed by atoms with van der Waals surface area (Å²) >= 11 is 0. The van der Waals surface area contributed by atoms with Gasteiger partial charge in [-0.2, -0.15) is 13.2 Å². The molecule has 0 fully saturated rings. The lowest BCUT2D eigenvalue weighted by atomic mass is 9.88. The monoisotopic (exact) mass is 599 g/mol. The first-order chi connectivity index (χ1) is 19.7. The highest BCUT2D eigenvalue weighted by Gasteiger charge is 2.44. The molecule has 1 aromatic heterocycles. The molecule has 2 aromatic carbocycles. The summed E-state index contributed by atoms with van der Waals surface area (Å²) in [7, 11) is 0. The Bertz CT molecular complexity index is 1400. The molecule has 0 bridgehead atoms. The Kier molecular flexibility index (Phi) is 9.34. The maximum Gasteiger partial charge on any atom is 0.410 e. The van der Waals surface area contributed by atoms with Crippen molar-refractivity contribution >= 4 is 17.0 Å². The number of aromatic amines is 1. The van der Waals surface area contributed by atoms with Crippen molar-refractivity contribution in [2.24, 2.45) is 0 Å². The van der Waals surface area contributed by atoms with Gasteiger partial charge in [0.1, 0.15) is 18.0 Å². The maximum absolute atomic E-state index is 16.1. The summed E-state index contributed by atoms with van der Waals surface area (Å²) in [6.45, 7) is 4.28. The molecule has 6 nitrogen and oxygen atoms in total. The number of para-hydroxylation sites is 1. The zero-order valence-electron chi connectivity index (χ0n) is 24.0. The van der Waals surface area contributed by atoms with Gasteiger partial charge >= 0.3 is 12.3 Å². The Morgan fingerprint density at radius 2 is 1.81 bits per heavy atom. The molecule has 2 heterocycles. The molecular weight excluding hydrogens is 564 g/mol. The fraction of sp³-hybridized carbons (Fsp3) is 0.500. The molecule has 12 heteroatoms. The van der Waals surface area contributed by atoms with Crippen molar-refractivity contribution < 1.29 is 40.6 Å². The quantitative estimate of drug-likeness (QED) is 0.262. The lowest BCUT2D eigenvalue weighted by Gasteiger charge is -2.41. The average Bonchev–Trinajstić information content (AvgIpc) is 3.25. The number of aromatic nitrogens is 1. The number of H-pyrrole nitrogens is 1. The zero-order valence-corrected chi connectivity index (χ0v) is 24.0. The molecule has 4 rings (SSSR count). The molecule has 1 amide bonds. The fourth-order valence-corrected chi connectivity index (χ4v) is 5.32. The summed E-state index contributed by atoms with van der Waals surface area (Å²) in [5, 5.41) is 0.778. The van der Waals surface area contributed by atoms with Crippen LogP contribution in [0.1, 0.15) is 57.0 Å². The molecule has 0 saturated carbocycles. The van der Waals surface area contributed by atoms with Crippen molar-refractivity contribution in [3.63, 3.8) is 0 Å². The number of nitrogens with one attached hydrogen (secondary N) is 1. The van der Waals surface area contributed by atoms with Gasteiger partial charge in [-0.15, -0.1) is 0 Å². The Labute approximate surface area is 240 Å². The van der Waals surface area contributed by atoms with Crippen LogP contribution in [0.15, 0.2) is 36.4 Å². The summed E-state index contributed by atoms with van der Waals surface area (Å²) in [6, 6.07) is 7.04. The van der Waals surface area contributed by atoms with Crippen molar-refractivity contribution in [3.8, 4) is 5.75 Å². The van der Waals surface area contributed by atoms with E-state index in [0.29, 0.717) is 11.1 Å². The molecule has 1 N–H and O–H groups in total. The Balaban J connectivity index is 1.68. The molecule has 0 saturated heterocycles. The van der Waals surface area contributed by atoms with Gasteiger partial charge in [0, 0.05) is 29.2 Å². The maximum atomic E-state index is 16.1. The highest BCUT2D eigenvalue weighted by molar-refractivity contribution is 5.85. The third kappa shape index (κ3) is 7.14. The van der Waals surface area contributed by atoms with Crippen LogP contribution < -0.4 is 4.74 Å². The van der Waals surface area contributed by atoms with E-state index < -0.39 is 60.4 Å². The van der Waals surface area contributed by atoms with Gasteiger partial charge in [0.15, 0.2) is 11.6 Å². The first-order valence-corrected chi connectivity index (χ1v) is 13.8. The predicted octanol–water partition coefficient (Wildman–Crippen LogP) is 7.32. The second kappa shape index (κ2) is 12.4. The third-order valence-corrected chi connectivity index (χ3v) is 7.08. The van der Waals surface area contributed by atoms with Crippen molar-refractivity contribution in [1.29, 1.82) is 0 Å². The minimum atomic E-state index is -4.62. The average molecular weight is 600 g/mol. The molecule has 42 heavy (non-hydrogen) atoms. The number of carbonyl (C=O) groups excluding carboxylic acids is 1. The zero-order chi connectivity index (χ0) is 30.8. The number of nitrogens with zero attached hydrogens (tertiary/aromatic N) is 2. The van der Waals surface area contributed by atoms with Crippen molar-refractivity contribution in [2.45, 2.75) is 64.4 Å². The molecule has 230 valence electrons. The van der Waals surface area contributed by atoms with Crippen LogP contribution in [0.3, 0.4) is 0 Å². The number of hydrogen-bond acceptors (Lipinski definition) is 4. The van der Waals surface area contributed by atoms with Crippen LogP contribution in [0.2, 0.25) is 0 Å². The number of rotatable bonds is 9. The molecule has 1 aliphatic heterocycles. The Hall–Kier alpha value is -3.41. The SMILES string of the molecule is C[C@@H]1Cc2c([nH]c3ccccc23)[C@@H](c2c(F)ccc(OCCN(CCCF)C(=O)OC(C)(C)C)c2F)N1CC(F)(F)F. The van der Waals surface area contributed by atoms with E-state index in [9.17, 15) is 22.4 Å². The molecule has 0 radical (unpaired) electrons. The third-order valence-electron chi connectivity index (χ3n) is 7.08. The van der Waals surface area contributed by atoms with Crippen LogP contribution in [-0.4, -0.2) is 71.6 Å². The number of fused-ring (bicyclic) bond motifs is 3. The second-order valence-electron chi connectivity index (χ2n) is 11.4. The van der Waals surface area contributed by atoms with Gasteiger partial charge < -0.3 is 19.4 Å². The topological polar surface area (TPSA) is 57.8 Å². The number of halogens is 6. The largest absolute Gasteiger partial charge is 0.489 e. The first-order valence-electron chi connectivity index (χ1n) is 13.8. The molecule has 1 aliphatic rings. The normalized spacial score (nSPS) is 17.8. The lowest BCUT2D eigenvalue weighted by Crippen LogP contribution is -2.47. The van der Waals surface area contributed by atoms with E-state index in [2.05, 4.69) is 4.98 Å². The van der Waals surface area contributed by atoms with Crippen molar-refractivity contribution in [2.75, 3.05) is 32.9 Å². The van der Waals surface area contributed by atoms with Crippen LogP contribution >= 0.6 is 0 Å². The molecule has 0 aliphatic carbocycles. The van der Waals surface area contributed by atoms with Crippen LogP contribution in [-0.2, 0) is 11.2 Å². The highest BCUT2D eigenvalue weighted by atomic mass is 19.4. The first kappa shape index (κ1) is 31.5. The van der Waals surface area contributed by atoms with Crippen molar-refractivity contribution in [3.05, 3.63) is 64.9 Å². The van der Waals surface area contributed by atoms with Gasteiger partial charge in [0.2, 0.25) is 0 Å². The minimum Gasteiger partial charge on any atom is -0.489 e. The lowest BCUT2D eigenvalue weighted by molar-refractivity contribution is -0.155. The van der Waals surface area contributed by atoms with Gasteiger partial charge in [-0.3, -0.25) is 9.29 Å². The number of benzene rings is 2. The van der Waals surface area contributed by atoms with E-state index in [1.807, 2.05) is 6.07 Å².